The second-order valence-corrected chi connectivity index (χ2v) is 4.82. The Balaban J connectivity index is 4.62. The fourth-order valence-corrected chi connectivity index (χ4v) is 1.42. The summed E-state index contributed by atoms with van der Waals surface area (Å²) in [6.45, 7) is 0. The van der Waals surface area contributed by atoms with Crippen molar-refractivity contribution < 1.29 is 26.3 Å². The molecule has 0 radical (unpaired) electrons. The third kappa shape index (κ3) is 8.28. The Bertz CT molecular complexity index is 186. The summed E-state index contributed by atoms with van der Waals surface area (Å²) in [5, 5.41) is -4.08. The van der Waals surface area contributed by atoms with E-state index in [-0.39, 0.29) is 0 Å². The summed E-state index contributed by atoms with van der Waals surface area (Å²) in [5.41, 5.74) is 0. The van der Waals surface area contributed by atoms with Crippen molar-refractivity contribution in [3.63, 3.8) is 0 Å². The lowest BCUT2D eigenvalue weighted by Gasteiger charge is -2.24. The monoisotopic (exact) mass is 296 g/mol. The molecule has 0 amide bonds. The molecule has 0 aliphatic heterocycles. The van der Waals surface area contributed by atoms with Crippen LogP contribution in [0.1, 0.15) is 12.8 Å². The molecule has 92 valence electrons. The molecule has 0 fully saturated rings. The first-order valence-electron chi connectivity index (χ1n) is 3.51. The minimum atomic E-state index is -5.04. The Hall–Kier alpha value is 0.450. The molecule has 0 aromatic rings. The van der Waals surface area contributed by atoms with Gasteiger partial charge in [0.15, 0.2) is 0 Å². The molecule has 0 spiro atoms. The molecule has 1 atom stereocenters. The average molecular weight is 297 g/mol. The van der Waals surface area contributed by atoms with Crippen molar-refractivity contribution in [2.24, 2.45) is 5.92 Å². The van der Waals surface area contributed by atoms with E-state index in [0.717, 1.165) is 0 Å². The zero-order chi connectivity index (χ0) is 12.5. The van der Waals surface area contributed by atoms with Crippen molar-refractivity contribution in [3.05, 3.63) is 0 Å². The van der Waals surface area contributed by atoms with Crippen LogP contribution in [0.15, 0.2) is 0 Å². The molecule has 0 heterocycles. The number of rotatable bonds is 4. The van der Waals surface area contributed by atoms with E-state index in [1.165, 1.54) is 0 Å². The zero-order valence-corrected chi connectivity index (χ0v) is 9.16. The molecule has 0 bridgehead atoms. The number of halogens is 9. The van der Waals surface area contributed by atoms with Gasteiger partial charge < -0.3 is 0 Å². The summed E-state index contributed by atoms with van der Waals surface area (Å²) in [6, 6.07) is 0. The summed E-state index contributed by atoms with van der Waals surface area (Å²) in [5.74, 6) is -2.70. The number of alkyl halides is 9. The molecule has 0 saturated carbocycles. The largest absolute Gasteiger partial charge is 0.392 e. The Morgan fingerprint density at radius 1 is 0.800 bits per heavy atom. The molecular formula is C6H5Cl3F6. The second kappa shape index (κ2) is 4.75. The molecule has 0 aliphatic rings. The first kappa shape index (κ1) is 15.4. The quantitative estimate of drug-likeness (QED) is 0.512. The van der Waals surface area contributed by atoms with Gasteiger partial charge >= 0.3 is 11.6 Å². The second-order valence-electron chi connectivity index (χ2n) is 2.88. The Kier molecular flexibility index (Phi) is 4.90. The zero-order valence-electron chi connectivity index (χ0n) is 6.89. The maximum atomic E-state index is 12.5. The summed E-state index contributed by atoms with van der Waals surface area (Å²) < 4.78 is 69.9. The maximum Gasteiger partial charge on any atom is 0.392 e. The minimum Gasteiger partial charge on any atom is -0.208 e. The van der Waals surface area contributed by atoms with Crippen LogP contribution in [0.25, 0.3) is 0 Å². The Morgan fingerprint density at radius 2 is 1.20 bits per heavy atom. The molecule has 0 rings (SSSR count). The first-order valence-corrected chi connectivity index (χ1v) is 4.65. The van der Waals surface area contributed by atoms with Crippen molar-refractivity contribution >= 4 is 34.8 Å². The fraction of sp³-hybridized carbons (Fsp3) is 1.00. The molecule has 9 heteroatoms. The van der Waals surface area contributed by atoms with Crippen molar-refractivity contribution in [1.29, 1.82) is 0 Å². The lowest BCUT2D eigenvalue weighted by atomic mass is 10.0. The molecule has 1 unspecified atom stereocenters. The highest BCUT2D eigenvalue weighted by Crippen LogP contribution is 2.44. The Labute approximate surface area is 96.5 Å². The Morgan fingerprint density at radius 3 is 1.40 bits per heavy atom. The van der Waals surface area contributed by atoms with Crippen LogP contribution < -0.4 is 0 Å². The normalized spacial score (nSPS) is 16.6. The average Bonchev–Trinajstić information content (AvgIpc) is 1.75. The van der Waals surface area contributed by atoms with Gasteiger partial charge in [0.25, 0.3) is 4.59 Å². The number of hydrogen-bond donors (Lipinski definition) is 0. The molecule has 15 heavy (non-hydrogen) atoms. The van der Waals surface area contributed by atoms with E-state index in [9.17, 15) is 26.3 Å². The molecular weight excluding hydrogens is 292 g/mol. The van der Waals surface area contributed by atoms with Gasteiger partial charge in [-0.3, -0.25) is 0 Å². The predicted octanol–water partition coefficient (Wildman–Crippen LogP) is 4.88. The smallest absolute Gasteiger partial charge is 0.208 e. The SMILES string of the molecule is FC(F)(Cl)CC(CC(F)(Cl)Cl)C(F)(F)F. The van der Waals surface area contributed by atoms with Crippen LogP contribution in [0.4, 0.5) is 26.3 Å². The lowest BCUT2D eigenvalue weighted by molar-refractivity contribution is -0.191. The van der Waals surface area contributed by atoms with E-state index in [4.69, 9.17) is 0 Å². The van der Waals surface area contributed by atoms with Gasteiger partial charge in [-0.2, -0.15) is 22.0 Å². The van der Waals surface area contributed by atoms with Crippen molar-refractivity contribution in [2.75, 3.05) is 0 Å². The molecule has 0 nitrogen and oxygen atoms in total. The lowest BCUT2D eigenvalue weighted by Crippen LogP contribution is -2.31. The van der Waals surface area contributed by atoms with E-state index in [0.29, 0.717) is 0 Å². The van der Waals surface area contributed by atoms with Crippen molar-refractivity contribution in [3.8, 4) is 0 Å². The van der Waals surface area contributed by atoms with Crippen LogP contribution in [0.3, 0.4) is 0 Å². The highest BCUT2D eigenvalue weighted by molar-refractivity contribution is 6.47. The standard InChI is InChI=1S/C6H5Cl3F6/c7-4(8,10)1-3(6(13,14)15)2-5(9,11)12/h3H,1-2H2. The van der Waals surface area contributed by atoms with E-state index in [1.54, 1.807) is 0 Å². The minimum absolute atomic E-state index is 1.50. The molecule has 0 aromatic carbocycles. The fourth-order valence-electron chi connectivity index (χ4n) is 0.862. The summed E-state index contributed by atoms with van der Waals surface area (Å²) in [7, 11) is 0. The topological polar surface area (TPSA) is 0 Å². The van der Waals surface area contributed by atoms with Gasteiger partial charge in [-0.15, -0.1) is 0 Å². The van der Waals surface area contributed by atoms with E-state index in [2.05, 4.69) is 34.8 Å². The maximum absolute atomic E-state index is 12.5. The van der Waals surface area contributed by atoms with Gasteiger partial charge in [0.05, 0.1) is 5.92 Å². The van der Waals surface area contributed by atoms with Crippen molar-refractivity contribution in [1.82, 2.24) is 0 Å². The predicted molar refractivity (Wildman–Crippen MR) is 45.1 cm³/mol. The van der Waals surface area contributed by atoms with Gasteiger partial charge in [0.1, 0.15) is 0 Å². The highest BCUT2D eigenvalue weighted by atomic mass is 35.5. The van der Waals surface area contributed by atoms with E-state index >= 15 is 0 Å². The van der Waals surface area contributed by atoms with Gasteiger partial charge in [-0.05, 0) is 11.6 Å². The molecule has 0 aliphatic carbocycles. The molecule has 0 aromatic heterocycles. The first-order chi connectivity index (χ1) is 6.31. The summed E-state index contributed by atoms with van der Waals surface area (Å²) in [6.07, 6.45) is -8.31. The van der Waals surface area contributed by atoms with Gasteiger partial charge in [0.2, 0.25) is 0 Å². The van der Waals surface area contributed by atoms with Crippen LogP contribution in [0, 0.1) is 5.92 Å². The summed E-state index contributed by atoms with van der Waals surface area (Å²) >= 11 is 13.7. The highest BCUT2D eigenvalue weighted by Gasteiger charge is 2.48. The third-order valence-corrected chi connectivity index (χ3v) is 1.88. The van der Waals surface area contributed by atoms with E-state index < -0.39 is 34.9 Å². The molecule has 0 N–H and O–H groups in total. The van der Waals surface area contributed by atoms with Crippen LogP contribution >= 0.6 is 34.8 Å². The van der Waals surface area contributed by atoms with Crippen LogP contribution in [-0.4, -0.2) is 16.1 Å². The third-order valence-electron chi connectivity index (χ3n) is 1.42. The van der Waals surface area contributed by atoms with Crippen LogP contribution in [0.5, 0.6) is 0 Å². The molecule has 0 saturated heterocycles. The number of hydrogen-bond acceptors (Lipinski definition) is 0. The van der Waals surface area contributed by atoms with Crippen LogP contribution in [-0.2, 0) is 0 Å². The van der Waals surface area contributed by atoms with Crippen LogP contribution in [0.2, 0.25) is 0 Å². The van der Waals surface area contributed by atoms with Gasteiger partial charge in [-0.1, -0.05) is 23.2 Å². The van der Waals surface area contributed by atoms with Crippen molar-refractivity contribution in [2.45, 2.75) is 29.0 Å². The summed E-state index contributed by atoms with van der Waals surface area (Å²) in [4.78, 5) is 0. The van der Waals surface area contributed by atoms with Gasteiger partial charge in [-0.25, -0.2) is 4.39 Å². The van der Waals surface area contributed by atoms with E-state index in [1.807, 2.05) is 0 Å². The van der Waals surface area contributed by atoms with Gasteiger partial charge in [0, 0.05) is 12.8 Å².